The van der Waals surface area contributed by atoms with Crippen LogP contribution in [-0.4, -0.2) is 17.3 Å². The van der Waals surface area contributed by atoms with Crippen LogP contribution in [-0.2, 0) is 6.42 Å². The zero-order valence-electron chi connectivity index (χ0n) is 13.0. The van der Waals surface area contributed by atoms with E-state index in [-0.39, 0.29) is 0 Å². The molecule has 0 bridgehead atoms. The number of hydrogen-bond acceptors (Lipinski definition) is 3. The zero-order valence-corrected chi connectivity index (χ0v) is 13.7. The Hall–Kier alpha value is -2.39. The molecule has 0 unspecified atom stereocenters. The Morgan fingerprint density at radius 2 is 2.00 bits per heavy atom. The Kier molecular flexibility index (Phi) is 4.30. The first-order chi connectivity index (χ1) is 11.1. The molecule has 0 saturated heterocycles. The molecule has 0 radical (unpaired) electrons. The van der Waals surface area contributed by atoms with Crippen LogP contribution >= 0.6 is 11.6 Å². The smallest absolute Gasteiger partial charge is 0.253 e. The molecule has 3 nitrogen and oxygen atoms in total. The lowest BCUT2D eigenvalue weighted by Crippen LogP contribution is -1.97. The van der Waals surface area contributed by atoms with E-state index in [0.29, 0.717) is 11.3 Å². The molecule has 0 aliphatic carbocycles. The Labute approximate surface area is 139 Å². The Balaban J connectivity index is 2.24. The van der Waals surface area contributed by atoms with Crippen molar-refractivity contribution in [3.63, 3.8) is 0 Å². The van der Waals surface area contributed by atoms with Crippen LogP contribution in [0.4, 0.5) is 0 Å². The van der Waals surface area contributed by atoms with Crippen molar-refractivity contribution in [2.75, 3.05) is 7.11 Å². The summed E-state index contributed by atoms with van der Waals surface area (Å²) in [6, 6.07) is 15.2. The zero-order chi connectivity index (χ0) is 16.4. The Morgan fingerprint density at radius 3 is 2.70 bits per heavy atom. The number of benzene rings is 2. The van der Waals surface area contributed by atoms with Crippen molar-refractivity contribution in [2.45, 2.75) is 13.3 Å². The van der Waals surface area contributed by atoms with E-state index in [2.05, 4.69) is 11.9 Å². The standard InChI is InChI=1S/C19H16ClNO2/c1-3-12-7-8-17-15(9-12)16(19(20)22)11-18(21-17)13-5-4-6-14(10-13)23-2/h4-11H,3H2,1-2H3. The number of aryl methyl sites for hydroxylation is 1. The number of pyridine rings is 1. The van der Waals surface area contributed by atoms with Gasteiger partial charge in [-0.1, -0.05) is 25.1 Å². The Bertz CT molecular complexity index is 890. The molecule has 3 rings (SSSR count). The largest absolute Gasteiger partial charge is 0.497 e. The molecule has 23 heavy (non-hydrogen) atoms. The van der Waals surface area contributed by atoms with Crippen molar-refractivity contribution in [3.8, 4) is 17.0 Å². The summed E-state index contributed by atoms with van der Waals surface area (Å²) in [5.41, 5.74) is 3.96. The summed E-state index contributed by atoms with van der Waals surface area (Å²) < 4.78 is 5.25. The van der Waals surface area contributed by atoms with Gasteiger partial charge < -0.3 is 4.74 Å². The van der Waals surface area contributed by atoms with Gasteiger partial charge in [0.25, 0.3) is 5.24 Å². The molecule has 0 N–H and O–H groups in total. The van der Waals surface area contributed by atoms with Gasteiger partial charge in [0.1, 0.15) is 5.75 Å². The summed E-state index contributed by atoms with van der Waals surface area (Å²) in [4.78, 5) is 16.6. The molecule has 0 aliphatic heterocycles. The van der Waals surface area contributed by atoms with Gasteiger partial charge in [0.05, 0.1) is 18.3 Å². The van der Waals surface area contributed by atoms with Crippen LogP contribution in [0.1, 0.15) is 22.8 Å². The van der Waals surface area contributed by atoms with E-state index >= 15 is 0 Å². The second-order valence-corrected chi connectivity index (χ2v) is 5.61. The Morgan fingerprint density at radius 1 is 1.17 bits per heavy atom. The maximum absolute atomic E-state index is 11.9. The number of rotatable bonds is 4. The fourth-order valence-corrected chi connectivity index (χ4v) is 2.74. The van der Waals surface area contributed by atoms with E-state index in [9.17, 15) is 4.79 Å². The third kappa shape index (κ3) is 3.06. The van der Waals surface area contributed by atoms with Gasteiger partial charge in [0, 0.05) is 16.5 Å². The van der Waals surface area contributed by atoms with Gasteiger partial charge in [-0.15, -0.1) is 0 Å². The summed E-state index contributed by atoms with van der Waals surface area (Å²) in [7, 11) is 1.62. The van der Waals surface area contributed by atoms with Gasteiger partial charge in [-0.3, -0.25) is 4.79 Å². The summed E-state index contributed by atoms with van der Waals surface area (Å²) in [5, 5.41) is 0.311. The van der Waals surface area contributed by atoms with Crippen LogP contribution in [0.15, 0.2) is 48.5 Å². The third-order valence-electron chi connectivity index (χ3n) is 3.86. The van der Waals surface area contributed by atoms with Crippen LogP contribution in [0.3, 0.4) is 0 Å². The van der Waals surface area contributed by atoms with Crippen molar-refractivity contribution < 1.29 is 9.53 Å². The van der Waals surface area contributed by atoms with E-state index < -0.39 is 5.24 Å². The van der Waals surface area contributed by atoms with Crippen LogP contribution in [0, 0.1) is 0 Å². The molecule has 0 saturated carbocycles. The lowest BCUT2D eigenvalue weighted by molar-refractivity contribution is 0.108. The van der Waals surface area contributed by atoms with Crippen molar-refractivity contribution in [3.05, 3.63) is 59.7 Å². The van der Waals surface area contributed by atoms with Gasteiger partial charge in [0.2, 0.25) is 0 Å². The number of nitrogens with zero attached hydrogens (tertiary/aromatic N) is 1. The van der Waals surface area contributed by atoms with Crippen LogP contribution in [0.5, 0.6) is 5.75 Å². The molecule has 116 valence electrons. The fraction of sp³-hybridized carbons (Fsp3) is 0.158. The molecule has 0 atom stereocenters. The molecule has 4 heteroatoms. The monoisotopic (exact) mass is 325 g/mol. The van der Waals surface area contributed by atoms with E-state index in [1.54, 1.807) is 13.2 Å². The highest BCUT2D eigenvalue weighted by molar-refractivity contribution is 6.68. The predicted octanol–water partition coefficient (Wildman–Crippen LogP) is 4.85. The highest BCUT2D eigenvalue weighted by Gasteiger charge is 2.13. The van der Waals surface area contributed by atoms with Crippen LogP contribution < -0.4 is 4.74 Å². The van der Waals surface area contributed by atoms with Gasteiger partial charge >= 0.3 is 0 Å². The average molecular weight is 326 g/mol. The number of hydrogen-bond donors (Lipinski definition) is 0. The normalized spacial score (nSPS) is 10.7. The first-order valence-corrected chi connectivity index (χ1v) is 7.78. The molecule has 0 spiro atoms. The lowest BCUT2D eigenvalue weighted by atomic mass is 10.0. The molecule has 3 aromatic rings. The first kappa shape index (κ1) is 15.5. The van der Waals surface area contributed by atoms with Gasteiger partial charge in [0.15, 0.2) is 0 Å². The maximum atomic E-state index is 11.9. The van der Waals surface area contributed by atoms with E-state index in [4.69, 9.17) is 16.3 Å². The number of carbonyl (C=O) groups excluding carboxylic acids is 1. The lowest BCUT2D eigenvalue weighted by Gasteiger charge is -2.09. The average Bonchev–Trinajstić information content (AvgIpc) is 2.60. The first-order valence-electron chi connectivity index (χ1n) is 7.40. The predicted molar refractivity (Wildman–Crippen MR) is 93.3 cm³/mol. The maximum Gasteiger partial charge on any atom is 0.253 e. The highest BCUT2D eigenvalue weighted by Crippen LogP contribution is 2.28. The topological polar surface area (TPSA) is 39.2 Å². The van der Waals surface area contributed by atoms with Crippen molar-refractivity contribution >= 4 is 27.7 Å². The second kappa shape index (κ2) is 6.39. The van der Waals surface area contributed by atoms with E-state index in [0.717, 1.165) is 34.2 Å². The van der Waals surface area contributed by atoms with Crippen molar-refractivity contribution in [2.24, 2.45) is 0 Å². The molecule has 2 aromatic carbocycles. The number of fused-ring (bicyclic) bond motifs is 1. The fourth-order valence-electron chi connectivity index (χ4n) is 2.59. The SMILES string of the molecule is CCc1ccc2nc(-c3cccc(OC)c3)cc(C(=O)Cl)c2c1. The number of aromatic nitrogens is 1. The van der Waals surface area contributed by atoms with Crippen molar-refractivity contribution in [1.82, 2.24) is 4.98 Å². The summed E-state index contributed by atoms with van der Waals surface area (Å²) >= 11 is 5.80. The minimum atomic E-state index is -0.477. The molecule has 1 heterocycles. The minimum Gasteiger partial charge on any atom is -0.497 e. The second-order valence-electron chi connectivity index (χ2n) is 5.27. The van der Waals surface area contributed by atoms with Gasteiger partial charge in [-0.05, 0) is 53.9 Å². The summed E-state index contributed by atoms with van der Waals surface area (Å²) in [6.45, 7) is 2.07. The summed E-state index contributed by atoms with van der Waals surface area (Å²) in [5.74, 6) is 0.740. The quantitative estimate of drug-likeness (QED) is 0.643. The molecular weight excluding hydrogens is 310 g/mol. The molecule has 0 aliphatic rings. The van der Waals surface area contributed by atoms with E-state index in [1.165, 1.54) is 0 Å². The van der Waals surface area contributed by atoms with Crippen LogP contribution in [0.25, 0.3) is 22.2 Å². The highest BCUT2D eigenvalue weighted by atomic mass is 35.5. The number of halogens is 1. The van der Waals surface area contributed by atoms with Gasteiger partial charge in [-0.25, -0.2) is 4.98 Å². The summed E-state index contributed by atoms with van der Waals surface area (Å²) in [6.07, 6.45) is 0.892. The molecule has 0 amide bonds. The molecule has 0 fully saturated rings. The number of carbonyl (C=O) groups is 1. The van der Waals surface area contributed by atoms with E-state index in [1.807, 2.05) is 42.5 Å². The van der Waals surface area contributed by atoms with Gasteiger partial charge in [-0.2, -0.15) is 0 Å². The number of ether oxygens (including phenoxy) is 1. The molecular formula is C19H16ClNO2. The van der Waals surface area contributed by atoms with Crippen molar-refractivity contribution in [1.29, 1.82) is 0 Å². The van der Waals surface area contributed by atoms with Crippen LogP contribution in [0.2, 0.25) is 0 Å². The number of methoxy groups -OCH3 is 1. The minimum absolute atomic E-state index is 0.477. The molecule has 1 aromatic heterocycles. The third-order valence-corrected chi connectivity index (χ3v) is 4.06.